The molecule has 1 heterocycles. The Balaban J connectivity index is 1.12. The Morgan fingerprint density at radius 1 is 1.06 bits per heavy atom. The van der Waals surface area contributed by atoms with Gasteiger partial charge in [-0.2, -0.15) is 0 Å². The zero-order chi connectivity index (χ0) is 25.2. The summed E-state index contributed by atoms with van der Waals surface area (Å²) in [6.45, 7) is -0.214. The molecular weight excluding hydrogens is 493 g/mol. The molecule has 2 fully saturated rings. The summed E-state index contributed by atoms with van der Waals surface area (Å²) >= 11 is 5.96. The highest BCUT2D eigenvalue weighted by atomic mass is 35.5. The second-order valence-electron chi connectivity index (χ2n) is 9.25. The van der Waals surface area contributed by atoms with Gasteiger partial charge in [-0.05, 0) is 43.9 Å². The van der Waals surface area contributed by atoms with Crippen molar-refractivity contribution >= 4 is 23.4 Å². The Morgan fingerprint density at radius 3 is 2.37 bits per heavy atom. The summed E-state index contributed by atoms with van der Waals surface area (Å²) in [5.74, 6) is -0.174. The zero-order valence-corrected chi connectivity index (χ0v) is 19.6. The van der Waals surface area contributed by atoms with E-state index in [1.54, 1.807) is 18.2 Å². The van der Waals surface area contributed by atoms with Crippen LogP contribution in [0, 0.1) is 0 Å². The number of hydrogen-bond donors (Lipinski definition) is 3. The number of amides is 2. The lowest BCUT2D eigenvalue weighted by Gasteiger charge is -2.35. The molecule has 2 atom stereocenters. The highest BCUT2D eigenvalue weighted by Crippen LogP contribution is 2.36. The van der Waals surface area contributed by atoms with Crippen LogP contribution in [0.3, 0.4) is 0 Å². The van der Waals surface area contributed by atoms with Gasteiger partial charge in [-0.1, -0.05) is 11.6 Å². The standard InChI is InChI=1S/C23H28ClF3N2O6/c24-12-1-6-19-17(7-12)18(30)10-20(34-19)22(32)29-14-4-2-13(3-5-14)28-21(31)11-33-15-8-16(9-15)35-23(25,26)27/h1,6-7,13-16,18,20,30H,2-5,8-11H2,(H,28,31)(H,29,32)/t13-,14-,15-,16+,18-,20-/m1/s1. The molecule has 35 heavy (non-hydrogen) atoms. The van der Waals surface area contributed by atoms with Crippen LogP contribution in [-0.4, -0.2) is 60.3 Å². The molecule has 0 saturated heterocycles. The summed E-state index contributed by atoms with van der Waals surface area (Å²) in [5, 5.41) is 16.7. The van der Waals surface area contributed by atoms with E-state index in [2.05, 4.69) is 15.4 Å². The molecule has 0 spiro atoms. The third-order valence-electron chi connectivity index (χ3n) is 6.57. The SMILES string of the molecule is O=C(CO[C@H]1C[C@@H](OC(F)(F)F)C1)N[C@H]1CC[C@H](NC(=O)[C@H]2C[C@@H](O)c3cc(Cl)ccc3O2)CC1. The molecule has 4 rings (SSSR count). The van der Waals surface area contributed by atoms with Crippen molar-refractivity contribution in [3.63, 3.8) is 0 Å². The van der Waals surface area contributed by atoms with E-state index >= 15 is 0 Å². The lowest BCUT2D eigenvalue weighted by molar-refractivity contribution is -0.357. The van der Waals surface area contributed by atoms with Crippen LogP contribution in [0.25, 0.3) is 0 Å². The first-order valence-electron chi connectivity index (χ1n) is 11.7. The number of carbonyl (C=O) groups is 2. The Morgan fingerprint density at radius 2 is 1.71 bits per heavy atom. The second kappa shape index (κ2) is 10.9. The predicted molar refractivity (Wildman–Crippen MR) is 118 cm³/mol. The van der Waals surface area contributed by atoms with Gasteiger partial charge in [0.1, 0.15) is 12.4 Å². The number of ether oxygens (including phenoxy) is 3. The van der Waals surface area contributed by atoms with Crippen LogP contribution in [0.5, 0.6) is 5.75 Å². The van der Waals surface area contributed by atoms with E-state index in [0.29, 0.717) is 42.0 Å². The fraction of sp³-hybridized carbons (Fsp3) is 0.652. The minimum absolute atomic E-state index is 0.0636. The largest absolute Gasteiger partial charge is 0.522 e. The predicted octanol–water partition coefficient (Wildman–Crippen LogP) is 3.15. The van der Waals surface area contributed by atoms with Gasteiger partial charge in [-0.3, -0.25) is 14.3 Å². The topological polar surface area (TPSA) is 106 Å². The molecular formula is C23H28ClF3N2O6. The first kappa shape index (κ1) is 26.0. The van der Waals surface area contributed by atoms with Crippen molar-refractivity contribution in [3.05, 3.63) is 28.8 Å². The number of fused-ring (bicyclic) bond motifs is 1. The first-order valence-corrected chi connectivity index (χ1v) is 12.0. The van der Waals surface area contributed by atoms with Crippen LogP contribution >= 0.6 is 11.6 Å². The third kappa shape index (κ3) is 7.22. The number of benzene rings is 1. The van der Waals surface area contributed by atoms with Gasteiger partial charge in [0.25, 0.3) is 5.91 Å². The zero-order valence-electron chi connectivity index (χ0n) is 18.9. The lowest BCUT2D eigenvalue weighted by atomic mass is 9.90. The molecule has 194 valence electrons. The fourth-order valence-electron chi connectivity index (χ4n) is 4.66. The van der Waals surface area contributed by atoms with E-state index in [0.717, 1.165) is 0 Å². The molecule has 0 bridgehead atoms. The van der Waals surface area contributed by atoms with Crippen molar-refractivity contribution in [2.45, 2.75) is 87.8 Å². The van der Waals surface area contributed by atoms with Crippen molar-refractivity contribution in [3.8, 4) is 5.75 Å². The molecule has 0 aromatic heterocycles. The van der Waals surface area contributed by atoms with Crippen LogP contribution < -0.4 is 15.4 Å². The minimum atomic E-state index is -4.66. The summed E-state index contributed by atoms with van der Waals surface area (Å²) in [7, 11) is 0. The number of hydrogen-bond acceptors (Lipinski definition) is 6. The smallest absolute Gasteiger partial charge is 0.480 e. The quantitative estimate of drug-likeness (QED) is 0.510. The summed E-state index contributed by atoms with van der Waals surface area (Å²) in [4.78, 5) is 24.8. The maximum absolute atomic E-state index is 12.7. The highest BCUT2D eigenvalue weighted by molar-refractivity contribution is 6.30. The number of nitrogens with one attached hydrogen (secondary N) is 2. The van der Waals surface area contributed by atoms with E-state index in [9.17, 15) is 27.9 Å². The molecule has 12 heteroatoms. The molecule has 3 aliphatic rings. The third-order valence-corrected chi connectivity index (χ3v) is 6.81. The van der Waals surface area contributed by atoms with Gasteiger partial charge in [-0.25, -0.2) is 0 Å². The fourth-order valence-corrected chi connectivity index (χ4v) is 4.84. The number of alkyl halides is 3. The van der Waals surface area contributed by atoms with Crippen molar-refractivity contribution < 1.29 is 42.1 Å². The van der Waals surface area contributed by atoms with E-state index < -0.39 is 30.8 Å². The van der Waals surface area contributed by atoms with Crippen LogP contribution in [0.1, 0.15) is 56.6 Å². The summed E-state index contributed by atoms with van der Waals surface area (Å²) in [6.07, 6.45) is -4.62. The van der Waals surface area contributed by atoms with Gasteiger partial charge < -0.3 is 25.2 Å². The average molecular weight is 521 g/mol. The van der Waals surface area contributed by atoms with Crippen LogP contribution in [-0.2, 0) is 19.1 Å². The van der Waals surface area contributed by atoms with Crippen molar-refractivity contribution in [2.24, 2.45) is 0 Å². The molecule has 0 unspecified atom stereocenters. The van der Waals surface area contributed by atoms with E-state index in [1.807, 2.05) is 0 Å². The van der Waals surface area contributed by atoms with Gasteiger partial charge >= 0.3 is 6.36 Å². The number of halogens is 4. The van der Waals surface area contributed by atoms with E-state index in [1.165, 1.54) is 0 Å². The normalized spacial score (nSPS) is 30.4. The van der Waals surface area contributed by atoms with E-state index in [4.69, 9.17) is 21.1 Å². The van der Waals surface area contributed by atoms with E-state index in [-0.39, 0.29) is 49.8 Å². The monoisotopic (exact) mass is 520 g/mol. The molecule has 2 amide bonds. The number of rotatable bonds is 7. The van der Waals surface area contributed by atoms with Gasteiger partial charge in [0.15, 0.2) is 6.10 Å². The van der Waals surface area contributed by atoms with Gasteiger partial charge in [-0.15, -0.1) is 13.2 Å². The Hall–Kier alpha value is -2.08. The van der Waals surface area contributed by atoms with Crippen LogP contribution in [0.2, 0.25) is 5.02 Å². The van der Waals surface area contributed by atoms with Gasteiger partial charge in [0, 0.05) is 41.9 Å². The highest BCUT2D eigenvalue weighted by Gasteiger charge is 2.41. The molecule has 2 aliphatic carbocycles. The number of carbonyl (C=O) groups excluding carboxylic acids is 2. The number of aliphatic hydroxyl groups excluding tert-OH is 1. The Bertz CT molecular complexity index is 919. The Labute approximate surface area is 205 Å². The maximum atomic E-state index is 12.7. The van der Waals surface area contributed by atoms with Crippen LogP contribution in [0.15, 0.2) is 18.2 Å². The molecule has 2 saturated carbocycles. The second-order valence-corrected chi connectivity index (χ2v) is 9.69. The number of aliphatic hydroxyl groups is 1. The molecule has 1 aliphatic heterocycles. The molecule has 0 radical (unpaired) electrons. The molecule has 1 aromatic rings. The van der Waals surface area contributed by atoms with Crippen molar-refractivity contribution in [2.75, 3.05) is 6.61 Å². The first-order chi connectivity index (χ1) is 16.6. The van der Waals surface area contributed by atoms with Gasteiger partial charge in [0.2, 0.25) is 5.91 Å². The summed E-state index contributed by atoms with van der Waals surface area (Å²) < 4.78 is 51.4. The lowest BCUT2D eigenvalue weighted by Crippen LogP contribution is -2.49. The minimum Gasteiger partial charge on any atom is -0.480 e. The Kier molecular flexibility index (Phi) is 8.09. The maximum Gasteiger partial charge on any atom is 0.522 e. The van der Waals surface area contributed by atoms with Gasteiger partial charge in [0.05, 0.1) is 18.3 Å². The molecule has 8 nitrogen and oxygen atoms in total. The van der Waals surface area contributed by atoms with Crippen LogP contribution in [0.4, 0.5) is 13.2 Å². The average Bonchev–Trinajstić information content (AvgIpc) is 2.76. The van der Waals surface area contributed by atoms with Crippen molar-refractivity contribution in [1.82, 2.24) is 10.6 Å². The van der Waals surface area contributed by atoms with Crippen molar-refractivity contribution in [1.29, 1.82) is 0 Å². The summed E-state index contributed by atoms with van der Waals surface area (Å²) in [6, 6.07) is 4.77. The molecule has 3 N–H and O–H groups in total. The summed E-state index contributed by atoms with van der Waals surface area (Å²) in [5.41, 5.74) is 0.563. The molecule has 1 aromatic carbocycles.